The van der Waals surface area contributed by atoms with E-state index in [0.717, 1.165) is 31.1 Å². The van der Waals surface area contributed by atoms with Gasteiger partial charge in [0.2, 0.25) is 0 Å². The van der Waals surface area contributed by atoms with Crippen LogP contribution in [0.2, 0.25) is 5.02 Å². The van der Waals surface area contributed by atoms with Gasteiger partial charge in [-0.05, 0) is 35.6 Å². The molecule has 0 radical (unpaired) electrons. The van der Waals surface area contributed by atoms with Crippen molar-refractivity contribution < 1.29 is 4.74 Å². The maximum atomic E-state index is 6.12. The molecular weight excluding hydrogens is 290 g/mol. The monoisotopic (exact) mass is 309 g/mol. The molecule has 20 heavy (non-hydrogen) atoms. The van der Waals surface area contributed by atoms with Crippen molar-refractivity contribution in [1.82, 2.24) is 5.32 Å². The predicted molar refractivity (Wildman–Crippen MR) is 87.0 cm³/mol. The summed E-state index contributed by atoms with van der Waals surface area (Å²) in [5.74, 6) is 0.434. The maximum Gasteiger partial charge on any atom is 0.0587 e. The van der Waals surface area contributed by atoms with Crippen LogP contribution in [0.15, 0.2) is 41.8 Å². The van der Waals surface area contributed by atoms with Gasteiger partial charge >= 0.3 is 0 Å². The highest BCUT2D eigenvalue weighted by Crippen LogP contribution is 2.25. The first kappa shape index (κ1) is 15.5. The first-order chi connectivity index (χ1) is 9.79. The van der Waals surface area contributed by atoms with Gasteiger partial charge in [-0.2, -0.15) is 0 Å². The number of hydrogen-bond acceptors (Lipinski definition) is 3. The third-order valence-electron chi connectivity index (χ3n) is 3.22. The molecule has 0 aliphatic carbocycles. The molecule has 0 fully saturated rings. The first-order valence-corrected chi connectivity index (χ1v) is 8.03. The Bertz CT molecular complexity index is 501. The fourth-order valence-corrected chi connectivity index (χ4v) is 3.18. The van der Waals surface area contributed by atoms with E-state index in [9.17, 15) is 0 Å². The van der Waals surface area contributed by atoms with Crippen molar-refractivity contribution in [1.29, 1.82) is 0 Å². The van der Waals surface area contributed by atoms with Gasteiger partial charge in [-0.3, -0.25) is 0 Å². The van der Waals surface area contributed by atoms with Crippen molar-refractivity contribution >= 4 is 22.9 Å². The highest BCUT2D eigenvalue weighted by molar-refractivity contribution is 7.09. The lowest BCUT2D eigenvalue weighted by Crippen LogP contribution is -2.26. The Balaban J connectivity index is 2.03. The quantitative estimate of drug-likeness (QED) is 0.745. The lowest BCUT2D eigenvalue weighted by molar-refractivity contribution is 0.199. The zero-order valence-electron chi connectivity index (χ0n) is 11.6. The zero-order chi connectivity index (χ0) is 14.2. The second kappa shape index (κ2) is 8.42. The van der Waals surface area contributed by atoms with Gasteiger partial charge in [0.25, 0.3) is 0 Å². The molecule has 2 aromatic rings. The summed E-state index contributed by atoms with van der Waals surface area (Å²) in [4.78, 5) is 1.41. The molecule has 1 N–H and O–H groups in total. The van der Waals surface area contributed by atoms with Crippen LogP contribution >= 0.6 is 22.9 Å². The van der Waals surface area contributed by atoms with Crippen LogP contribution in [0, 0.1) is 0 Å². The maximum absolute atomic E-state index is 6.12. The van der Waals surface area contributed by atoms with E-state index in [1.165, 1.54) is 10.4 Å². The van der Waals surface area contributed by atoms with E-state index in [1.807, 2.05) is 23.5 Å². The van der Waals surface area contributed by atoms with Crippen LogP contribution in [-0.2, 0) is 11.2 Å². The Labute approximate surface area is 129 Å². The van der Waals surface area contributed by atoms with Crippen molar-refractivity contribution in [3.63, 3.8) is 0 Å². The Hall–Kier alpha value is -0.870. The standard InChI is InChI=1S/C16H20ClNOS/c1-19-8-7-18-12-14(11-16-6-3-9-20-16)13-4-2-5-15(17)10-13/h2-6,9-10,14,18H,7-8,11-12H2,1H3. The minimum atomic E-state index is 0.434. The van der Waals surface area contributed by atoms with Crippen LogP contribution in [-0.4, -0.2) is 26.8 Å². The van der Waals surface area contributed by atoms with Crippen LogP contribution in [0.3, 0.4) is 0 Å². The molecular formula is C16H20ClNOS. The van der Waals surface area contributed by atoms with Gasteiger partial charge in [-0.25, -0.2) is 0 Å². The summed E-state index contributed by atoms with van der Waals surface area (Å²) in [6.07, 6.45) is 1.04. The van der Waals surface area contributed by atoms with Gasteiger partial charge in [0.05, 0.1) is 6.61 Å². The zero-order valence-corrected chi connectivity index (χ0v) is 13.2. The molecule has 1 heterocycles. The normalized spacial score (nSPS) is 12.5. The van der Waals surface area contributed by atoms with Gasteiger partial charge < -0.3 is 10.1 Å². The number of methoxy groups -OCH3 is 1. The smallest absolute Gasteiger partial charge is 0.0587 e. The fraction of sp³-hybridized carbons (Fsp3) is 0.375. The van der Waals surface area contributed by atoms with E-state index in [1.54, 1.807) is 7.11 Å². The lowest BCUT2D eigenvalue weighted by atomic mass is 9.95. The molecule has 2 rings (SSSR count). The molecule has 108 valence electrons. The Morgan fingerprint density at radius 2 is 2.20 bits per heavy atom. The van der Waals surface area contributed by atoms with Crippen LogP contribution in [0.4, 0.5) is 0 Å². The summed E-state index contributed by atoms with van der Waals surface area (Å²) in [6.45, 7) is 2.54. The average Bonchev–Trinajstić information content (AvgIpc) is 2.95. The Kier molecular flexibility index (Phi) is 6.54. The minimum Gasteiger partial charge on any atom is -0.383 e. The molecule has 0 saturated heterocycles. The molecule has 1 aromatic carbocycles. The number of ether oxygens (including phenoxy) is 1. The van der Waals surface area contributed by atoms with Gasteiger partial charge in [-0.1, -0.05) is 29.8 Å². The van der Waals surface area contributed by atoms with Gasteiger partial charge in [0.15, 0.2) is 0 Å². The van der Waals surface area contributed by atoms with Gasteiger partial charge in [0, 0.05) is 36.0 Å². The highest BCUT2D eigenvalue weighted by atomic mass is 35.5. The van der Waals surface area contributed by atoms with E-state index in [4.69, 9.17) is 16.3 Å². The topological polar surface area (TPSA) is 21.3 Å². The second-order valence-corrected chi connectivity index (χ2v) is 6.20. The van der Waals surface area contributed by atoms with Crippen molar-refractivity contribution in [2.75, 3.05) is 26.8 Å². The lowest BCUT2D eigenvalue weighted by Gasteiger charge is -2.18. The number of hydrogen-bond donors (Lipinski definition) is 1. The molecule has 0 aliphatic rings. The van der Waals surface area contributed by atoms with E-state index < -0.39 is 0 Å². The summed E-state index contributed by atoms with van der Waals surface area (Å²) in [5.41, 5.74) is 1.29. The largest absolute Gasteiger partial charge is 0.383 e. The molecule has 0 aliphatic heterocycles. The van der Waals surface area contributed by atoms with Crippen LogP contribution in [0.5, 0.6) is 0 Å². The third kappa shape index (κ3) is 4.91. The summed E-state index contributed by atoms with van der Waals surface area (Å²) in [7, 11) is 1.72. The van der Waals surface area contributed by atoms with E-state index in [2.05, 4.69) is 35.0 Å². The summed E-state index contributed by atoms with van der Waals surface area (Å²) >= 11 is 7.93. The third-order valence-corrected chi connectivity index (χ3v) is 4.36. The molecule has 0 saturated carbocycles. The molecule has 2 nitrogen and oxygen atoms in total. The van der Waals surface area contributed by atoms with Crippen molar-refractivity contribution in [2.24, 2.45) is 0 Å². The molecule has 0 bridgehead atoms. The summed E-state index contributed by atoms with van der Waals surface area (Å²) < 4.78 is 5.07. The SMILES string of the molecule is COCCNCC(Cc1cccs1)c1cccc(Cl)c1. The Morgan fingerprint density at radius 3 is 2.90 bits per heavy atom. The molecule has 1 atom stereocenters. The minimum absolute atomic E-state index is 0.434. The van der Waals surface area contributed by atoms with Crippen molar-refractivity contribution in [3.8, 4) is 0 Å². The van der Waals surface area contributed by atoms with Crippen molar-refractivity contribution in [2.45, 2.75) is 12.3 Å². The van der Waals surface area contributed by atoms with E-state index >= 15 is 0 Å². The Morgan fingerprint density at radius 1 is 1.30 bits per heavy atom. The van der Waals surface area contributed by atoms with Crippen LogP contribution in [0.1, 0.15) is 16.4 Å². The number of benzene rings is 1. The molecule has 1 unspecified atom stereocenters. The van der Waals surface area contributed by atoms with Crippen LogP contribution < -0.4 is 5.32 Å². The molecule has 1 aromatic heterocycles. The fourth-order valence-electron chi connectivity index (χ4n) is 2.19. The van der Waals surface area contributed by atoms with Crippen LogP contribution in [0.25, 0.3) is 0 Å². The average molecular weight is 310 g/mol. The number of rotatable bonds is 8. The summed E-state index contributed by atoms with van der Waals surface area (Å²) in [5, 5.41) is 6.38. The van der Waals surface area contributed by atoms with Gasteiger partial charge in [0.1, 0.15) is 0 Å². The first-order valence-electron chi connectivity index (χ1n) is 6.77. The number of nitrogens with one attached hydrogen (secondary N) is 1. The van der Waals surface area contributed by atoms with Gasteiger partial charge in [-0.15, -0.1) is 11.3 Å². The molecule has 4 heteroatoms. The number of halogens is 1. The molecule has 0 spiro atoms. The number of thiophene rings is 1. The van der Waals surface area contributed by atoms with E-state index in [0.29, 0.717) is 5.92 Å². The second-order valence-electron chi connectivity index (χ2n) is 4.73. The predicted octanol–water partition coefficient (Wildman–Crippen LogP) is 3.96. The van der Waals surface area contributed by atoms with Crippen molar-refractivity contribution in [3.05, 3.63) is 57.2 Å². The molecule has 0 amide bonds. The summed E-state index contributed by atoms with van der Waals surface area (Å²) in [6, 6.07) is 12.5. The highest BCUT2D eigenvalue weighted by Gasteiger charge is 2.13. The van der Waals surface area contributed by atoms with E-state index in [-0.39, 0.29) is 0 Å².